The van der Waals surface area contributed by atoms with E-state index in [0.717, 1.165) is 5.76 Å². The van der Waals surface area contributed by atoms with Crippen molar-refractivity contribution in [1.82, 2.24) is 29.9 Å². The minimum absolute atomic E-state index is 0.0447. The highest BCUT2D eigenvalue weighted by atomic mass is 32.2. The standard InChI is InChI=1S/C18H18N6O4S/c1-11-7-8-14(28-11)17-22-21-15(9-29(25)18-19-10-20-23-18)24(17)16-12(26-2)5-4-6-13(16)27-3/h4-8,10H,9H2,1-3H3,(H,19,20,23). The second-order valence-electron chi connectivity index (χ2n) is 5.98. The fourth-order valence-electron chi connectivity index (χ4n) is 2.90. The Labute approximate surface area is 169 Å². The predicted octanol–water partition coefficient (Wildman–Crippen LogP) is 2.28. The van der Waals surface area contributed by atoms with Gasteiger partial charge in [-0.2, -0.15) is 0 Å². The van der Waals surface area contributed by atoms with Gasteiger partial charge in [-0.15, -0.1) is 15.3 Å². The Hall–Kier alpha value is -3.31. The van der Waals surface area contributed by atoms with E-state index < -0.39 is 11.2 Å². The number of benzene rings is 1. The molecular weight excluding hydrogens is 396 g/mol. The van der Waals surface area contributed by atoms with E-state index in [0.29, 0.717) is 34.6 Å². The minimum Gasteiger partial charge on any atom is -0.609 e. The molecule has 1 unspecified atom stereocenters. The van der Waals surface area contributed by atoms with Crippen LogP contribution in [0.25, 0.3) is 17.3 Å². The number of nitrogens with zero attached hydrogens (tertiary/aromatic N) is 5. The van der Waals surface area contributed by atoms with Crippen LogP contribution in [-0.4, -0.2) is 48.7 Å². The summed E-state index contributed by atoms with van der Waals surface area (Å²) in [4.78, 5) is 2.76. The van der Waals surface area contributed by atoms with E-state index >= 15 is 0 Å². The number of ether oxygens (including phenoxy) is 2. The van der Waals surface area contributed by atoms with Gasteiger partial charge in [0.1, 0.15) is 29.3 Å². The lowest BCUT2D eigenvalue weighted by atomic mass is 10.2. The van der Waals surface area contributed by atoms with Gasteiger partial charge in [-0.3, -0.25) is 9.55 Å². The minimum atomic E-state index is -1.51. The molecule has 1 aromatic carbocycles. The number of aromatic nitrogens is 6. The Bertz CT molecular complexity index is 1090. The van der Waals surface area contributed by atoms with Gasteiger partial charge in [0.25, 0.3) is 0 Å². The molecule has 3 aromatic heterocycles. The van der Waals surface area contributed by atoms with Gasteiger partial charge in [0.2, 0.25) is 5.82 Å². The molecule has 4 rings (SSSR count). The molecule has 0 aliphatic carbocycles. The first-order chi connectivity index (χ1) is 14.1. The number of methoxy groups -OCH3 is 2. The molecule has 0 radical (unpaired) electrons. The SMILES string of the molecule is COc1cccc(OC)c1-n1c(C[S+]([O-])c2nnc[nH]2)nnc1-c1ccc(C)o1. The molecule has 0 saturated carbocycles. The van der Waals surface area contributed by atoms with Crippen LogP contribution in [0.4, 0.5) is 0 Å². The maximum absolute atomic E-state index is 12.7. The van der Waals surface area contributed by atoms with Crippen LogP contribution in [0.2, 0.25) is 0 Å². The third-order valence-corrected chi connectivity index (χ3v) is 5.34. The maximum Gasteiger partial charge on any atom is 0.340 e. The van der Waals surface area contributed by atoms with E-state index in [1.807, 2.05) is 19.1 Å². The summed E-state index contributed by atoms with van der Waals surface area (Å²) in [5.74, 6) is 3.23. The van der Waals surface area contributed by atoms with Crippen LogP contribution in [-0.2, 0) is 16.9 Å². The van der Waals surface area contributed by atoms with Gasteiger partial charge in [-0.1, -0.05) is 11.2 Å². The molecule has 150 valence electrons. The molecule has 3 heterocycles. The molecule has 0 amide bonds. The Morgan fingerprint density at radius 3 is 2.45 bits per heavy atom. The van der Waals surface area contributed by atoms with Crippen LogP contribution in [0.3, 0.4) is 0 Å². The molecule has 0 saturated heterocycles. The molecule has 1 N–H and O–H groups in total. The van der Waals surface area contributed by atoms with Crippen LogP contribution in [0, 0.1) is 6.92 Å². The van der Waals surface area contributed by atoms with Crippen molar-refractivity contribution < 1.29 is 18.4 Å². The Kier molecular flexibility index (Phi) is 5.23. The Morgan fingerprint density at radius 1 is 1.10 bits per heavy atom. The summed E-state index contributed by atoms with van der Waals surface area (Å²) in [6.07, 6.45) is 1.37. The van der Waals surface area contributed by atoms with Gasteiger partial charge >= 0.3 is 5.16 Å². The number of nitrogens with one attached hydrogen (secondary N) is 1. The predicted molar refractivity (Wildman–Crippen MR) is 103 cm³/mol. The smallest absolute Gasteiger partial charge is 0.340 e. The lowest BCUT2D eigenvalue weighted by molar-refractivity contribution is 0.390. The molecule has 0 bridgehead atoms. The zero-order chi connectivity index (χ0) is 20.4. The lowest BCUT2D eigenvalue weighted by Crippen LogP contribution is -2.13. The van der Waals surface area contributed by atoms with Crippen molar-refractivity contribution in [2.45, 2.75) is 17.8 Å². The van der Waals surface area contributed by atoms with Crippen molar-refractivity contribution in [1.29, 1.82) is 0 Å². The summed E-state index contributed by atoms with van der Waals surface area (Å²) in [5, 5.41) is 16.3. The highest BCUT2D eigenvalue weighted by molar-refractivity contribution is 7.90. The van der Waals surface area contributed by atoms with Gasteiger partial charge < -0.3 is 18.4 Å². The lowest BCUT2D eigenvalue weighted by Gasteiger charge is -2.16. The second kappa shape index (κ2) is 7.97. The van der Waals surface area contributed by atoms with Gasteiger partial charge in [-0.25, -0.2) is 0 Å². The summed E-state index contributed by atoms with van der Waals surface area (Å²) in [6, 6.07) is 9.04. The van der Waals surface area contributed by atoms with Crippen molar-refractivity contribution in [3.05, 3.63) is 48.2 Å². The molecular formula is C18H18N6O4S. The summed E-state index contributed by atoms with van der Waals surface area (Å²) in [5.41, 5.74) is 0.580. The number of hydrogen-bond donors (Lipinski definition) is 1. The molecule has 0 aliphatic rings. The Balaban J connectivity index is 1.89. The van der Waals surface area contributed by atoms with Crippen molar-refractivity contribution in [2.75, 3.05) is 14.2 Å². The number of aromatic amines is 1. The number of furan rings is 1. The van der Waals surface area contributed by atoms with Crippen molar-refractivity contribution in [3.8, 4) is 28.8 Å². The van der Waals surface area contributed by atoms with Crippen LogP contribution < -0.4 is 9.47 Å². The number of hydrogen-bond acceptors (Lipinski definition) is 8. The summed E-state index contributed by atoms with van der Waals surface area (Å²) in [7, 11) is 3.12. The van der Waals surface area contributed by atoms with E-state index in [2.05, 4.69) is 25.4 Å². The molecule has 11 heteroatoms. The third kappa shape index (κ3) is 3.57. The topological polar surface area (TPSA) is 127 Å². The molecule has 1 atom stereocenters. The zero-order valence-corrected chi connectivity index (χ0v) is 16.8. The van der Waals surface area contributed by atoms with E-state index in [9.17, 15) is 4.55 Å². The molecule has 0 fully saturated rings. The fourth-order valence-corrected chi connectivity index (χ4v) is 3.78. The highest BCUT2D eigenvalue weighted by Crippen LogP contribution is 2.37. The highest BCUT2D eigenvalue weighted by Gasteiger charge is 2.27. The summed E-state index contributed by atoms with van der Waals surface area (Å²) in [6.45, 7) is 1.84. The maximum atomic E-state index is 12.7. The van der Waals surface area contributed by atoms with Crippen molar-refractivity contribution >= 4 is 11.2 Å². The first kappa shape index (κ1) is 19.0. The van der Waals surface area contributed by atoms with Gasteiger partial charge in [0.05, 0.1) is 14.2 Å². The van der Waals surface area contributed by atoms with E-state index in [1.54, 1.807) is 37.0 Å². The van der Waals surface area contributed by atoms with Gasteiger partial charge in [0.15, 0.2) is 17.3 Å². The normalized spacial score (nSPS) is 12.1. The number of aryl methyl sites for hydroxylation is 1. The quantitative estimate of drug-likeness (QED) is 0.456. The second-order valence-corrected chi connectivity index (χ2v) is 7.35. The summed E-state index contributed by atoms with van der Waals surface area (Å²) < 4.78 is 31.3. The van der Waals surface area contributed by atoms with Crippen molar-refractivity contribution in [3.63, 3.8) is 0 Å². The summed E-state index contributed by atoms with van der Waals surface area (Å²) >= 11 is -1.51. The molecule has 29 heavy (non-hydrogen) atoms. The Morgan fingerprint density at radius 2 is 1.86 bits per heavy atom. The molecule has 4 aromatic rings. The van der Waals surface area contributed by atoms with Crippen LogP contribution in [0.1, 0.15) is 11.6 Å². The zero-order valence-electron chi connectivity index (χ0n) is 15.9. The monoisotopic (exact) mass is 414 g/mol. The molecule has 0 spiro atoms. The largest absolute Gasteiger partial charge is 0.609 e. The van der Waals surface area contributed by atoms with Crippen LogP contribution >= 0.6 is 0 Å². The molecule has 10 nitrogen and oxygen atoms in total. The van der Waals surface area contributed by atoms with Crippen molar-refractivity contribution in [2.24, 2.45) is 0 Å². The van der Waals surface area contributed by atoms with Crippen LogP contribution in [0.15, 0.2) is 46.2 Å². The molecule has 0 aliphatic heterocycles. The van der Waals surface area contributed by atoms with E-state index in [4.69, 9.17) is 13.9 Å². The number of rotatable bonds is 7. The van der Waals surface area contributed by atoms with Crippen LogP contribution in [0.5, 0.6) is 11.5 Å². The number of H-pyrrole nitrogens is 1. The first-order valence-electron chi connectivity index (χ1n) is 8.59. The average Bonchev–Trinajstić information content (AvgIpc) is 3.48. The van der Waals surface area contributed by atoms with Gasteiger partial charge in [0, 0.05) is 11.2 Å². The number of para-hydroxylation sites is 1. The fraction of sp³-hybridized carbons (Fsp3) is 0.222. The third-order valence-electron chi connectivity index (χ3n) is 4.19. The van der Waals surface area contributed by atoms with E-state index in [-0.39, 0.29) is 10.9 Å². The van der Waals surface area contributed by atoms with E-state index in [1.165, 1.54) is 6.33 Å². The average molecular weight is 414 g/mol. The van der Waals surface area contributed by atoms with Gasteiger partial charge in [-0.05, 0) is 31.2 Å². The first-order valence-corrected chi connectivity index (χ1v) is 9.91.